The van der Waals surface area contributed by atoms with Gasteiger partial charge in [-0.05, 0) is 0 Å². The van der Waals surface area contributed by atoms with Crippen molar-refractivity contribution in [2.45, 2.75) is 25.7 Å². The van der Waals surface area contributed by atoms with Crippen LogP contribution in [0.1, 0.15) is 19.2 Å². The van der Waals surface area contributed by atoms with Gasteiger partial charge in [0.2, 0.25) is 0 Å². The maximum atomic E-state index is 12.9. The highest BCUT2D eigenvalue weighted by molar-refractivity contribution is 5.87. The van der Waals surface area contributed by atoms with Gasteiger partial charge in [-0.1, -0.05) is 12.1 Å². The van der Waals surface area contributed by atoms with Crippen LogP contribution in [0.2, 0.25) is 0 Å². The number of carbonyl (C=O) groups excluding carboxylic acids is 1. The number of nitrogens with zero attached hydrogens (tertiary/aromatic N) is 3. The van der Waals surface area contributed by atoms with Gasteiger partial charge in [-0.25, -0.2) is 13.6 Å². The molecule has 1 aromatic rings. The number of rotatable bonds is 2. The molecule has 2 rings (SSSR count). The summed E-state index contributed by atoms with van der Waals surface area (Å²) in [6, 6.07) is -0.712. The Morgan fingerprint density at radius 1 is 1.65 bits per heavy atom. The van der Waals surface area contributed by atoms with E-state index in [0.29, 0.717) is 12.2 Å². The Labute approximate surface area is 96.0 Å². The third-order valence-corrected chi connectivity index (χ3v) is 2.46. The van der Waals surface area contributed by atoms with E-state index in [1.165, 1.54) is 0 Å². The molecule has 1 fully saturated rings. The Hall–Kier alpha value is -1.73. The molecule has 2 heterocycles. The molecule has 0 bridgehead atoms. The molecular weight excluding hydrogens is 234 g/mol. The molecule has 0 aliphatic carbocycles. The van der Waals surface area contributed by atoms with Crippen molar-refractivity contribution in [2.75, 3.05) is 18.4 Å². The van der Waals surface area contributed by atoms with E-state index in [4.69, 9.17) is 4.52 Å². The van der Waals surface area contributed by atoms with E-state index in [-0.39, 0.29) is 19.0 Å². The normalized spacial score (nSPS) is 18.4. The maximum absolute atomic E-state index is 12.9. The number of anilines is 1. The Morgan fingerprint density at radius 3 is 2.94 bits per heavy atom. The molecule has 1 aliphatic heterocycles. The molecule has 8 heteroatoms. The first-order valence-corrected chi connectivity index (χ1v) is 5.26. The number of carbonyl (C=O) groups is 1. The smallest absolute Gasteiger partial charge is 0.318 e. The van der Waals surface area contributed by atoms with E-state index in [1.54, 1.807) is 0 Å². The number of likely N-dealkylation sites (tertiary alicyclic amines) is 1. The number of amides is 2. The Balaban J connectivity index is 1.93. The summed E-state index contributed by atoms with van der Waals surface area (Å²) in [4.78, 5) is 16.4. The quantitative estimate of drug-likeness (QED) is 0.858. The summed E-state index contributed by atoms with van der Waals surface area (Å²) in [6.07, 6.45) is 0.256. The second-order valence-corrected chi connectivity index (χ2v) is 3.83. The number of nitrogens with one attached hydrogen (secondary N) is 1. The molecule has 0 spiro atoms. The molecule has 2 amide bonds. The average molecular weight is 246 g/mol. The molecule has 0 atom stereocenters. The Kier molecular flexibility index (Phi) is 2.95. The van der Waals surface area contributed by atoms with Crippen molar-refractivity contribution in [3.63, 3.8) is 0 Å². The van der Waals surface area contributed by atoms with E-state index in [2.05, 4.69) is 15.5 Å². The number of hydrogen-bond acceptors (Lipinski definition) is 4. The second kappa shape index (κ2) is 4.27. The molecule has 1 saturated heterocycles. The zero-order valence-electron chi connectivity index (χ0n) is 9.24. The highest BCUT2D eigenvalue weighted by Gasteiger charge is 2.40. The summed E-state index contributed by atoms with van der Waals surface area (Å²) in [5, 5.41) is 5.87. The monoisotopic (exact) mass is 246 g/mol. The maximum Gasteiger partial charge on any atom is 0.329 e. The van der Waals surface area contributed by atoms with Gasteiger partial charge in [0.25, 0.3) is 5.92 Å². The van der Waals surface area contributed by atoms with Crippen LogP contribution in [-0.4, -0.2) is 40.1 Å². The van der Waals surface area contributed by atoms with Gasteiger partial charge in [0.1, 0.15) is 0 Å². The zero-order chi connectivity index (χ0) is 12.5. The third-order valence-electron chi connectivity index (χ3n) is 2.46. The molecule has 0 aromatic carbocycles. The van der Waals surface area contributed by atoms with Gasteiger partial charge in [0.05, 0.1) is 6.54 Å². The number of aryl methyl sites for hydroxylation is 1. The van der Waals surface area contributed by atoms with E-state index in [0.717, 1.165) is 4.90 Å². The van der Waals surface area contributed by atoms with E-state index in [9.17, 15) is 13.6 Å². The van der Waals surface area contributed by atoms with Crippen LogP contribution in [0.15, 0.2) is 4.52 Å². The molecule has 17 heavy (non-hydrogen) atoms. The number of halogens is 2. The molecule has 0 unspecified atom stereocenters. The zero-order valence-corrected chi connectivity index (χ0v) is 9.24. The Bertz CT molecular complexity index is 421. The van der Waals surface area contributed by atoms with Gasteiger partial charge in [-0.3, -0.25) is 5.32 Å². The summed E-state index contributed by atoms with van der Waals surface area (Å²) >= 11 is 0. The minimum Gasteiger partial charge on any atom is -0.318 e. The second-order valence-electron chi connectivity index (χ2n) is 3.83. The third kappa shape index (κ3) is 2.69. The van der Waals surface area contributed by atoms with Gasteiger partial charge in [-0.2, -0.15) is 4.98 Å². The molecule has 94 valence electrons. The predicted molar refractivity (Wildman–Crippen MR) is 53.8 cm³/mol. The van der Waals surface area contributed by atoms with E-state index in [1.807, 2.05) is 6.92 Å². The number of urea groups is 1. The lowest BCUT2D eigenvalue weighted by Crippen LogP contribution is -2.35. The van der Waals surface area contributed by atoms with E-state index >= 15 is 0 Å². The lowest BCUT2D eigenvalue weighted by molar-refractivity contribution is 0.0158. The van der Waals surface area contributed by atoms with Crippen LogP contribution >= 0.6 is 0 Å². The van der Waals surface area contributed by atoms with Crippen LogP contribution in [0.25, 0.3) is 0 Å². The van der Waals surface area contributed by atoms with Crippen molar-refractivity contribution in [3.05, 3.63) is 5.82 Å². The van der Waals surface area contributed by atoms with Crippen LogP contribution < -0.4 is 5.32 Å². The molecule has 1 aromatic heterocycles. The molecular formula is C9H12F2N4O2. The fourth-order valence-corrected chi connectivity index (χ4v) is 1.53. The number of hydrogen-bond donors (Lipinski definition) is 1. The van der Waals surface area contributed by atoms with Crippen molar-refractivity contribution < 1.29 is 18.1 Å². The lowest BCUT2D eigenvalue weighted by Gasteiger charge is -2.14. The van der Waals surface area contributed by atoms with Gasteiger partial charge in [-0.15, -0.1) is 0 Å². The van der Waals surface area contributed by atoms with Crippen LogP contribution in [0.4, 0.5) is 19.6 Å². The van der Waals surface area contributed by atoms with Crippen molar-refractivity contribution in [1.82, 2.24) is 15.0 Å². The van der Waals surface area contributed by atoms with Crippen molar-refractivity contribution in [3.8, 4) is 0 Å². The molecule has 0 saturated carbocycles. The SMILES string of the molecule is CCc1noc(NC(=O)N2CCC(F)(F)C2)n1. The van der Waals surface area contributed by atoms with Crippen LogP contribution in [-0.2, 0) is 6.42 Å². The van der Waals surface area contributed by atoms with E-state index < -0.39 is 18.5 Å². The average Bonchev–Trinajstić information content (AvgIpc) is 2.84. The topological polar surface area (TPSA) is 71.3 Å². The largest absolute Gasteiger partial charge is 0.329 e. The minimum atomic E-state index is -2.80. The first kappa shape index (κ1) is 11.7. The van der Waals surface area contributed by atoms with Crippen molar-refractivity contribution >= 4 is 12.0 Å². The van der Waals surface area contributed by atoms with Gasteiger partial charge >= 0.3 is 12.0 Å². The standard InChI is InChI=1S/C9H12F2N4O2/c1-2-6-12-7(17-14-6)13-8(16)15-4-3-9(10,11)5-15/h2-5H2,1H3,(H,12,13,14,16). The summed E-state index contributed by atoms with van der Waals surface area (Å²) in [6.45, 7) is 1.28. The highest BCUT2D eigenvalue weighted by Crippen LogP contribution is 2.27. The van der Waals surface area contributed by atoms with Crippen LogP contribution in [0.3, 0.4) is 0 Å². The van der Waals surface area contributed by atoms with Crippen LogP contribution in [0, 0.1) is 0 Å². The predicted octanol–water partition coefficient (Wildman–Crippen LogP) is 1.50. The molecule has 1 aliphatic rings. The number of alkyl halides is 2. The summed E-state index contributed by atoms with van der Waals surface area (Å²) < 4.78 is 30.5. The fraction of sp³-hybridized carbons (Fsp3) is 0.667. The molecule has 1 N–H and O–H groups in total. The van der Waals surface area contributed by atoms with Gasteiger partial charge in [0, 0.05) is 19.4 Å². The first-order valence-electron chi connectivity index (χ1n) is 5.26. The summed E-state index contributed by atoms with van der Waals surface area (Å²) in [5.74, 6) is -2.35. The summed E-state index contributed by atoms with van der Waals surface area (Å²) in [5.41, 5.74) is 0. The number of aromatic nitrogens is 2. The van der Waals surface area contributed by atoms with Crippen LogP contribution in [0.5, 0.6) is 0 Å². The summed E-state index contributed by atoms with van der Waals surface area (Å²) in [7, 11) is 0. The van der Waals surface area contributed by atoms with Gasteiger partial charge < -0.3 is 9.42 Å². The highest BCUT2D eigenvalue weighted by atomic mass is 19.3. The van der Waals surface area contributed by atoms with Crippen molar-refractivity contribution in [1.29, 1.82) is 0 Å². The van der Waals surface area contributed by atoms with Gasteiger partial charge in [0.15, 0.2) is 5.82 Å². The first-order chi connectivity index (χ1) is 8.00. The molecule has 0 radical (unpaired) electrons. The lowest BCUT2D eigenvalue weighted by atomic mass is 10.3. The Morgan fingerprint density at radius 2 is 2.41 bits per heavy atom. The molecule has 6 nitrogen and oxygen atoms in total. The van der Waals surface area contributed by atoms with Crippen molar-refractivity contribution in [2.24, 2.45) is 0 Å². The fourth-order valence-electron chi connectivity index (χ4n) is 1.53. The minimum absolute atomic E-state index is 0.0214.